The summed E-state index contributed by atoms with van der Waals surface area (Å²) >= 11 is 0. The van der Waals surface area contributed by atoms with E-state index in [4.69, 9.17) is 15.2 Å². The van der Waals surface area contributed by atoms with Crippen molar-refractivity contribution in [2.45, 2.75) is 32.4 Å². The van der Waals surface area contributed by atoms with Gasteiger partial charge in [0.05, 0.1) is 25.1 Å². The first-order valence-electron chi connectivity index (χ1n) is 8.98. The second-order valence-electron chi connectivity index (χ2n) is 6.40. The van der Waals surface area contributed by atoms with E-state index >= 15 is 0 Å². The van der Waals surface area contributed by atoms with E-state index in [1.807, 2.05) is 13.8 Å². The zero-order valence-electron chi connectivity index (χ0n) is 16.4. The molecule has 1 aliphatic rings. The van der Waals surface area contributed by atoms with Gasteiger partial charge < -0.3 is 20.5 Å². The molecule has 0 saturated heterocycles. The molecule has 0 radical (unpaired) electrons. The maximum atomic E-state index is 12.7. The number of alkyl halides is 2. The zero-order valence-corrected chi connectivity index (χ0v) is 16.4. The Kier molecular flexibility index (Phi) is 8.54. The molecule has 162 valence electrons. The van der Waals surface area contributed by atoms with Gasteiger partial charge >= 0.3 is 0 Å². The van der Waals surface area contributed by atoms with Crippen molar-refractivity contribution in [3.05, 3.63) is 48.2 Å². The van der Waals surface area contributed by atoms with Crippen LogP contribution in [0.15, 0.2) is 41.7 Å². The molecule has 3 rings (SSSR count). The SMILES string of the molecule is CC(C)Oc1cnc(C(=O)Nc2ccc(F)cc2)cn1.NC1=NC(C(F)F)COC1. The van der Waals surface area contributed by atoms with Crippen molar-refractivity contribution in [3.63, 3.8) is 0 Å². The summed E-state index contributed by atoms with van der Waals surface area (Å²) in [6.07, 6.45) is 0.234. The number of nitrogens with two attached hydrogens (primary N) is 1. The normalized spacial score (nSPS) is 15.8. The van der Waals surface area contributed by atoms with E-state index in [2.05, 4.69) is 20.3 Å². The van der Waals surface area contributed by atoms with Gasteiger partial charge in [0, 0.05) is 5.69 Å². The summed E-state index contributed by atoms with van der Waals surface area (Å²) in [6.45, 7) is 3.88. The lowest BCUT2D eigenvalue weighted by atomic mass is 10.3. The summed E-state index contributed by atoms with van der Waals surface area (Å²) in [5.74, 6) is -0.270. The lowest BCUT2D eigenvalue weighted by Gasteiger charge is -2.17. The fourth-order valence-electron chi connectivity index (χ4n) is 2.16. The molecule has 2 heterocycles. The summed E-state index contributed by atoms with van der Waals surface area (Å²) < 4.78 is 46.5. The maximum Gasteiger partial charge on any atom is 0.275 e. The van der Waals surface area contributed by atoms with Crippen LogP contribution in [0.5, 0.6) is 5.88 Å². The van der Waals surface area contributed by atoms with Crippen molar-refractivity contribution >= 4 is 17.4 Å². The molecule has 0 aliphatic carbocycles. The third-order valence-corrected chi connectivity index (χ3v) is 3.48. The van der Waals surface area contributed by atoms with Crippen molar-refractivity contribution in [3.8, 4) is 5.88 Å². The highest BCUT2D eigenvalue weighted by molar-refractivity contribution is 6.02. The van der Waals surface area contributed by atoms with E-state index in [0.29, 0.717) is 11.6 Å². The fourth-order valence-corrected chi connectivity index (χ4v) is 2.16. The van der Waals surface area contributed by atoms with Gasteiger partial charge in [0.15, 0.2) is 0 Å². The van der Waals surface area contributed by atoms with Crippen LogP contribution >= 0.6 is 0 Å². The molecule has 0 spiro atoms. The van der Waals surface area contributed by atoms with Gasteiger partial charge in [-0.05, 0) is 38.1 Å². The number of ether oxygens (including phenoxy) is 2. The van der Waals surface area contributed by atoms with Crippen LogP contribution < -0.4 is 15.8 Å². The number of rotatable bonds is 5. The summed E-state index contributed by atoms with van der Waals surface area (Å²) in [5.41, 5.74) is 5.80. The molecular weight excluding hydrogens is 403 g/mol. The average Bonchev–Trinajstić information content (AvgIpc) is 2.70. The number of anilines is 1. The zero-order chi connectivity index (χ0) is 22.1. The second kappa shape index (κ2) is 11.1. The average molecular weight is 425 g/mol. The van der Waals surface area contributed by atoms with Crippen molar-refractivity contribution in [1.29, 1.82) is 0 Å². The molecule has 1 unspecified atom stereocenters. The number of amidine groups is 1. The van der Waals surface area contributed by atoms with Crippen molar-refractivity contribution in [2.75, 3.05) is 18.5 Å². The molecule has 3 N–H and O–H groups in total. The van der Waals surface area contributed by atoms with Crippen molar-refractivity contribution in [2.24, 2.45) is 10.7 Å². The van der Waals surface area contributed by atoms with Gasteiger partial charge in [-0.3, -0.25) is 9.79 Å². The Labute approximate surface area is 171 Å². The van der Waals surface area contributed by atoms with Crippen LogP contribution in [0.3, 0.4) is 0 Å². The first kappa shape index (κ1) is 23.1. The molecule has 30 heavy (non-hydrogen) atoms. The van der Waals surface area contributed by atoms with Crippen molar-refractivity contribution < 1.29 is 27.4 Å². The van der Waals surface area contributed by atoms with Crippen LogP contribution in [0.25, 0.3) is 0 Å². The van der Waals surface area contributed by atoms with E-state index in [1.54, 1.807) is 0 Å². The monoisotopic (exact) mass is 425 g/mol. The number of hydrogen-bond acceptors (Lipinski definition) is 7. The Bertz CT molecular complexity index is 845. The number of nitrogens with zero attached hydrogens (tertiary/aromatic N) is 3. The molecule has 0 fully saturated rings. The van der Waals surface area contributed by atoms with Crippen LogP contribution in [-0.4, -0.2) is 53.5 Å². The second-order valence-corrected chi connectivity index (χ2v) is 6.40. The third-order valence-electron chi connectivity index (χ3n) is 3.48. The quantitative estimate of drug-likeness (QED) is 0.762. The van der Waals surface area contributed by atoms with Gasteiger partial charge in [-0.25, -0.2) is 23.1 Å². The van der Waals surface area contributed by atoms with E-state index < -0.39 is 18.4 Å². The molecule has 1 amide bonds. The van der Waals surface area contributed by atoms with Crippen LogP contribution in [0.4, 0.5) is 18.9 Å². The lowest BCUT2D eigenvalue weighted by Crippen LogP contribution is -2.34. The fraction of sp³-hybridized carbons (Fsp3) is 0.368. The smallest absolute Gasteiger partial charge is 0.275 e. The van der Waals surface area contributed by atoms with Gasteiger partial charge in [0.1, 0.15) is 30.0 Å². The highest BCUT2D eigenvalue weighted by Gasteiger charge is 2.22. The van der Waals surface area contributed by atoms with Crippen molar-refractivity contribution in [1.82, 2.24) is 9.97 Å². The van der Waals surface area contributed by atoms with Crippen LogP contribution in [0.2, 0.25) is 0 Å². The van der Waals surface area contributed by atoms with E-state index in [0.717, 1.165) is 0 Å². The molecular formula is C19H22F3N5O3. The first-order valence-corrected chi connectivity index (χ1v) is 8.98. The summed E-state index contributed by atoms with van der Waals surface area (Å²) in [7, 11) is 0. The number of carbonyl (C=O) groups is 1. The standard InChI is InChI=1S/C14H14FN3O2.C5H8F2N2O/c1-9(2)20-13-8-16-12(7-17-13)14(19)18-11-5-3-10(15)4-6-11;6-5(7)3-1-10-2-4(8)9-3/h3-9H,1-2H3,(H,18,19);3,5H,1-2H2,(H2,8,9). The molecule has 8 nitrogen and oxygen atoms in total. The van der Waals surface area contributed by atoms with Gasteiger partial charge in [-0.2, -0.15) is 0 Å². The highest BCUT2D eigenvalue weighted by Crippen LogP contribution is 2.11. The number of aromatic nitrogens is 2. The first-order chi connectivity index (χ1) is 14.2. The minimum Gasteiger partial charge on any atom is -0.474 e. The molecule has 1 aromatic heterocycles. The predicted molar refractivity (Wildman–Crippen MR) is 104 cm³/mol. The van der Waals surface area contributed by atoms with Gasteiger partial charge in [-0.15, -0.1) is 0 Å². The van der Waals surface area contributed by atoms with Crippen LogP contribution in [0.1, 0.15) is 24.3 Å². The summed E-state index contributed by atoms with van der Waals surface area (Å²) in [6, 6.07) is 4.41. The topological polar surface area (TPSA) is 112 Å². The molecule has 0 bridgehead atoms. The summed E-state index contributed by atoms with van der Waals surface area (Å²) in [5, 5.41) is 2.60. The van der Waals surface area contributed by atoms with Gasteiger partial charge in [0.25, 0.3) is 12.3 Å². The minimum absolute atomic E-state index is 0.0109. The number of halogens is 3. The van der Waals surface area contributed by atoms with Crippen LogP contribution in [-0.2, 0) is 4.74 Å². The molecule has 0 saturated carbocycles. The molecule has 11 heteroatoms. The predicted octanol–water partition coefficient (Wildman–Crippen LogP) is 2.66. The maximum absolute atomic E-state index is 12.7. The minimum atomic E-state index is -2.47. The number of benzene rings is 1. The van der Waals surface area contributed by atoms with Gasteiger partial charge in [-0.1, -0.05) is 0 Å². The Morgan fingerprint density at radius 3 is 2.43 bits per heavy atom. The molecule has 1 aliphatic heterocycles. The van der Waals surface area contributed by atoms with E-state index in [-0.39, 0.29) is 36.7 Å². The Balaban J connectivity index is 0.000000269. The highest BCUT2D eigenvalue weighted by atomic mass is 19.3. The largest absolute Gasteiger partial charge is 0.474 e. The van der Waals surface area contributed by atoms with Gasteiger partial charge in [0.2, 0.25) is 5.88 Å². The number of nitrogens with one attached hydrogen (secondary N) is 1. The number of hydrogen-bond donors (Lipinski definition) is 2. The molecule has 2 aromatic rings. The Hall–Kier alpha value is -3.21. The number of amides is 1. The Morgan fingerprint density at radius 2 is 1.93 bits per heavy atom. The third kappa shape index (κ3) is 7.66. The van der Waals surface area contributed by atoms with E-state index in [1.165, 1.54) is 36.7 Å². The summed E-state index contributed by atoms with van der Waals surface area (Å²) in [4.78, 5) is 23.3. The molecule has 1 atom stereocenters. The number of aliphatic imine (C=N–C) groups is 1. The van der Waals surface area contributed by atoms with Crippen LogP contribution in [0, 0.1) is 5.82 Å². The number of carbonyl (C=O) groups excluding carboxylic acids is 1. The lowest BCUT2D eigenvalue weighted by molar-refractivity contribution is 0.0505. The Morgan fingerprint density at radius 1 is 1.23 bits per heavy atom. The molecule has 1 aromatic carbocycles. The van der Waals surface area contributed by atoms with E-state index in [9.17, 15) is 18.0 Å².